The molecule has 2 heterocycles. The Morgan fingerprint density at radius 3 is 2.59 bits per heavy atom. The zero-order valence-corrected chi connectivity index (χ0v) is 11.3. The molecular weight excluding hydrogens is 214 g/mol. The molecule has 0 unspecified atom stereocenters. The van der Waals surface area contributed by atoms with Crippen LogP contribution in [0.3, 0.4) is 0 Å². The smallest absolute Gasteiger partial charge is 0.316 e. The topological polar surface area (TPSA) is 38.3 Å². The molecule has 0 aliphatic carbocycles. The summed E-state index contributed by atoms with van der Waals surface area (Å²) in [4.78, 5) is 11.1. The second-order valence-electron chi connectivity index (χ2n) is 5.82. The molecule has 1 aromatic rings. The summed E-state index contributed by atoms with van der Waals surface area (Å²) in [7, 11) is 0. The van der Waals surface area contributed by atoms with E-state index in [1.165, 1.54) is 5.56 Å². The molecule has 17 heavy (non-hydrogen) atoms. The molecule has 0 bridgehead atoms. The number of fused-ring (bicyclic) bond motifs is 1. The van der Waals surface area contributed by atoms with Crippen molar-refractivity contribution in [2.45, 2.75) is 59.4 Å². The minimum absolute atomic E-state index is 0.119. The van der Waals surface area contributed by atoms with Crippen LogP contribution < -0.4 is 4.74 Å². The first-order valence-corrected chi connectivity index (χ1v) is 6.13. The Bertz CT molecular complexity index is 410. The van der Waals surface area contributed by atoms with Crippen LogP contribution in [0.5, 0.6) is 6.01 Å². The van der Waals surface area contributed by atoms with Crippen LogP contribution in [0.4, 0.5) is 0 Å². The Morgan fingerprint density at radius 2 is 2.00 bits per heavy atom. The number of aromatic nitrogens is 2. The maximum atomic E-state index is 5.52. The molecule has 1 aliphatic heterocycles. The number of hydrogen-bond donors (Lipinski definition) is 0. The van der Waals surface area contributed by atoms with Gasteiger partial charge in [0.15, 0.2) is 0 Å². The summed E-state index contributed by atoms with van der Waals surface area (Å²) in [6.07, 6.45) is 2.01. The van der Waals surface area contributed by atoms with E-state index in [4.69, 9.17) is 4.74 Å². The maximum absolute atomic E-state index is 5.52. The van der Waals surface area contributed by atoms with E-state index in [0.29, 0.717) is 6.01 Å². The first-order chi connectivity index (χ1) is 7.86. The van der Waals surface area contributed by atoms with E-state index in [2.05, 4.69) is 35.6 Å². The fourth-order valence-electron chi connectivity index (χ4n) is 1.88. The Balaban J connectivity index is 2.16. The van der Waals surface area contributed by atoms with Gasteiger partial charge in [-0.2, -0.15) is 4.98 Å². The predicted octanol–water partition coefficient (Wildman–Crippen LogP) is 2.38. The highest BCUT2D eigenvalue weighted by Crippen LogP contribution is 2.28. The fourth-order valence-corrected chi connectivity index (χ4v) is 1.88. The lowest BCUT2D eigenvalue weighted by Gasteiger charge is -2.30. The lowest BCUT2D eigenvalue weighted by molar-refractivity contribution is 0.135. The quantitative estimate of drug-likeness (QED) is 0.789. The van der Waals surface area contributed by atoms with Crippen molar-refractivity contribution in [2.75, 3.05) is 0 Å². The molecule has 0 amide bonds. The van der Waals surface area contributed by atoms with Crippen LogP contribution in [-0.2, 0) is 13.1 Å². The van der Waals surface area contributed by atoms with Crippen LogP contribution in [0.1, 0.15) is 45.9 Å². The maximum Gasteiger partial charge on any atom is 0.316 e. The van der Waals surface area contributed by atoms with Crippen molar-refractivity contribution in [1.82, 2.24) is 14.9 Å². The van der Waals surface area contributed by atoms with Crippen molar-refractivity contribution in [3.05, 3.63) is 17.5 Å². The van der Waals surface area contributed by atoms with Crippen molar-refractivity contribution in [3.8, 4) is 6.01 Å². The molecule has 4 nitrogen and oxygen atoms in total. The Morgan fingerprint density at radius 1 is 1.29 bits per heavy atom. The van der Waals surface area contributed by atoms with Gasteiger partial charge in [-0.15, -0.1) is 0 Å². The molecule has 0 radical (unpaired) electrons. The summed E-state index contributed by atoms with van der Waals surface area (Å²) >= 11 is 0. The summed E-state index contributed by atoms with van der Waals surface area (Å²) < 4.78 is 5.52. The van der Waals surface area contributed by atoms with E-state index in [-0.39, 0.29) is 11.6 Å². The molecule has 0 saturated heterocycles. The highest BCUT2D eigenvalue weighted by atomic mass is 16.5. The van der Waals surface area contributed by atoms with Crippen LogP contribution in [0.15, 0.2) is 6.20 Å². The van der Waals surface area contributed by atoms with Gasteiger partial charge in [-0.05, 0) is 34.6 Å². The van der Waals surface area contributed by atoms with E-state index >= 15 is 0 Å². The Kier molecular flexibility index (Phi) is 3.08. The van der Waals surface area contributed by atoms with Gasteiger partial charge in [0.05, 0.1) is 11.8 Å². The van der Waals surface area contributed by atoms with E-state index in [9.17, 15) is 0 Å². The largest absolute Gasteiger partial charge is 0.461 e. The summed E-state index contributed by atoms with van der Waals surface area (Å²) in [5.74, 6) is 0. The molecule has 4 heteroatoms. The molecule has 0 fully saturated rings. The standard InChI is InChI=1S/C13H21N3O/c1-9(2)17-12-14-6-10-7-16(13(3,4)5)8-11(10)15-12/h6,9H,7-8H2,1-5H3. The normalized spacial score (nSPS) is 16.4. The minimum atomic E-state index is 0.119. The monoisotopic (exact) mass is 235 g/mol. The highest BCUT2D eigenvalue weighted by Gasteiger charge is 2.29. The van der Waals surface area contributed by atoms with E-state index in [1.807, 2.05) is 20.0 Å². The van der Waals surface area contributed by atoms with Crippen molar-refractivity contribution in [2.24, 2.45) is 0 Å². The lowest BCUT2D eigenvalue weighted by Crippen LogP contribution is -2.36. The minimum Gasteiger partial charge on any atom is -0.461 e. The van der Waals surface area contributed by atoms with Crippen molar-refractivity contribution in [3.63, 3.8) is 0 Å². The van der Waals surface area contributed by atoms with E-state index in [0.717, 1.165) is 18.8 Å². The van der Waals surface area contributed by atoms with E-state index < -0.39 is 0 Å². The first-order valence-electron chi connectivity index (χ1n) is 6.13. The molecule has 0 spiro atoms. The van der Waals surface area contributed by atoms with Crippen LogP contribution in [0.25, 0.3) is 0 Å². The number of rotatable bonds is 2. The van der Waals surface area contributed by atoms with Crippen LogP contribution >= 0.6 is 0 Å². The first kappa shape index (κ1) is 12.3. The van der Waals surface area contributed by atoms with Gasteiger partial charge < -0.3 is 4.74 Å². The zero-order valence-electron chi connectivity index (χ0n) is 11.3. The average Bonchev–Trinajstić information content (AvgIpc) is 2.58. The molecule has 0 N–H and O–H groups in total. The van der Waals surface area contributed by atoms with Gasteiger partial charge in [0.25, 0.3) is 0 Å². The third-order valence-corrected chi connectivity index (χ3v) is 2.92. The molecule has 0 atom stereocenters. The Labute approximate surface area is 103 Å². The second kappa shape index (κ2) is 4.26. The van der Waals surface area contributed by atoms with Crippen LogP contribution in [0.2, 0.25) is 0 Å². The van der Waals surface area contributed by atoms with Gasteiger partial charge in [0.1, 0.15) is 0 Å². The second-order valence-corrected chi connectivity index (χ2v) is 5.82. The van der Waals surface area contributed by atoms with Gasteiger partial charge in [0, 0.05) is 30.4 Å². The van der Waals surface area contributed by atoms with Gasteiger partial charge in [-0.1, -0.05) is 0 Å². The van der Waals surface area contributed by atoms with Crippen molar-refractivity contribution in [1.29, 1.82) is 0 Å². The van der Waals surface area contributed by atoms with Crippen LogP contribution in [0, 0.1) is 0 Å². The summed E-state index contributed by atoms with van der Waals surface area (Å²) in [6.45, 7) is 12.4. The molecule has 2 rings (SSSR count). The third-order valence-electron chi connectivity index (χ3n) is 2.92. The zero-order chi connectivity index (χ0) is 12.6. The molecule has 94 valence electrons. The van der Waals surface area contributed by atoms with Crippen LogP contribution in [-0.4, -0.2) is 26.5 Å². The highest BCUT2D eigenvalue weighted by molar-refractivity contribution is 5.24. The number of hydrogen-bond acceptors (Lipinski definition) is 4. The molecular formula is C13H21N3O. The predicted molar refractivity (Wildman–Crippen MR) is 66.8 cm³/mol. The fraction of sp³-hybridized carbons (Fsp3) is 0.692. The molecule has 0 saturated carbocycles. The van der Waals surface area contributed by atoms with Gasteiger partial charge >= 0.3 is 6.01 Å². The molecule has 0 aromatic carbocycles. The third kappa shape index (κ3) is 2.75. The lowest BCUT2D eigenvalue weighted by atomic mass is 10.1. The molecule has 1 aliphatic rings. The SMILES string of the molecule is CC(C)Oc1ncc2c(n1)CN(C(C)(C)C)C2. The summed E-state index contributed by atoms with van der Waals surface area (Å²) in [5.41, 5.74) is 2.49. The molecule has 1 aromatic heterocycles. The number of ether oxygens (including phenoxy) is 1. The average molecular weight is 235 g/mol. The van der Waals surface area contributed by atoms with Gasteiger partial charge in [0.2, 0.25) is 0 Å². The van der Waals surface area contributed by atoms with E-state index in [1.54, 1.807) is 0 Å². The van der Waals surface area contributed by atoms with Crippen molar-refractivity contribution < 1.29 is 4.74 Å². The Hall–Kier alpha value is -1.16. The summed E-state index contributed by atoms with van der Waals surface area (Å²) in [5, 5.41) is 0. The number of nitrogens with zero attached hydrogens (tertiary/aromatic N) is 3. The van der Waals surface area contributed by atoms with Gasteiger partial charge in [-0.3, -0.25) is 4.90 Å². The summed E-state index contributed by atoms with van der Waals surface area (Å²) in [6, 6.07) is 0.495. The van der Waals surface area contributed by atoms with Crippen molar-refractivity contribution >= 4 is 0 Å². The van der Waals surface area contributed by atoms with Gasteiger partial charge in [-0.25, -0.2) is 4.98 Å².